The summed E-state index contributed by atoms with van der Waals surface area (Å²) < 4.78 is 5.15. The first kappa shape index (κ1) is 19.6. The molecule has 2 aromatic carbocycles. The van der Waals surface area contributed by atoms with Crippen molar-refractivity contribution in [1.82, 2.24) is 15.3 Å². The van der Waals surface area contributed by atoms with E-state index in [0.29, 0.717) is 40.3 Å². The molecule has 0 aliphatic heterocycles. The van der Waals surface area contributed by atoms with E-state index in [1.807, 2.05) is 38.1 Å². The molecule has 2 N–H and O–H groups in total. The summed E-state index contributed by atoms with van der Waals surface area (Å²) in [6.45, 7) is 4.26. The van der Waals surface area contributed by atoms with Gasteiger partial charge in [0.1, 0.15) is 11.4 Å². The second-order valence-corrected chi connectivity index (χ2v) is 6.71. The van der Waals surface area contributed by atoms with E-state index in [4.69, 9.17) is 16.3 Å². The van der Waals surface area contributed by atoms with Crippen molar-refractivity contribution < 1.29 is 9.53 Å². The third kappa shape index (κ3) is 4.78. The number of rotatable bonds is 6. The van der Waals surface area contributed by atoms with Crippen LogP contribution in [0.3, 0.4) is 0 Å². The van der Waals surface area contributed by atoms with Gasteiger partial charge in [0.15, 0.2) is 0 Å². The van der Waals surface area contributed by atoms with Gasteiger partial charge >= 0.3 is 0 Å². The fourth-order valence-electron chi connectivity index (χ4n) is 2.69. The molecule has 3 rings (SSSR count). The number of methoxy groups -OCH3 is 1. The molecule has 0 atom stereocenters. The van der Waals surface area contributed by atoms with Gasteiger partial charge in [0.2, 0.25) is 5.95 Å². The topological polar surface area (TPSA) is 76.1 Å². The molecular formula is C21H21ClN4O2. The van der Waals surface area contributed by atoms with E-state index in [-0.39, 0.29) is 5.91 Å². The van der Waals surface area contributed by atoms with Crippen molar-refractivity contribution in [2.45, 2.75) is 20.4 Å². The zero-order valence-electron chi connectivity index (χ0n) is 15.9. The molecule has 0 saturated carbocycles. The summed E-state index contributed by atoms with van der Waals surface area (Å²) >= 11 is 6.15. The lowest BCUT2D eigenvalue weighted by Crippen LogP contribution is -2.24. The van der Waals surface area contributed by atoms with E-state index in [0.717, 1.165) is 11.1 Å². The highest BCUT2D eigenvalue weighted by Crippen LogP contribution is 2.28. The van der Waals surface area contributed by atoms with Crippen LogP contribution in [0, 0.1) is 13.8 Å². The van der Waals surface area contributed by atoms with E-state index in [9.17, 15) is 4.79 Å². The summed E-state index contributed by atoms with van der Waals surface area (Å²) in [5.41, 5.74) is 3.86. The summed E-state index contributed by atoms with van der Waals surface area (Å²) in [5.74, 6) is 0.639. The van der Waals surface area contributed by atoms with Gasteiger partial charge in [-0.2, -0.15) is 0 Å². The standard InChI is InChI=1S/C21H21ClN4O2/c1-13-6-4-5-7-15(13)12-23-20(27)18-10-14(2)24-21(26-18)25-16-8-9-19(28-3)17(22)11-16/h4-11H,12H2,1-3H3,(H,23,27)(H,24,25,26). The molecular weight excluding hydrogens is 376 g/mol. The smallest absolute Gasteiger partial charge is 0.270 e. The molecule has 0 bridgehead atoms. The maximum atomic E-state index is 12.6. The molecule has 0 aliphatic rings. The molecule has 0 spiro atoms. The van der Waals surface area contributed by atoms with E-state index in [2.05, 4.69) is 20.6 Å². The van der Waals surface area contributed by atoms with Crippen molar-refractivity contribution in [3.05, 3.63) is 76.1 Å². The Morgan fingerprint density at radius 2 is 1.89 bits per heavy atom. The number of nitrogens with one attached hydrogen (secondary N) is 2. The number of anilines is 2. The lowest BCUT2D eigenvalue weighted by Gasteiger charge is -2.11. The Morgan fingerprint density at radius 3 is 2.61 bits per heavy atom. The quantitative estimate of drug-likeness (QED) is 0.644. The number of aromatic nitrogens is 2. The predicted octanol–water partition coefficient (Wildman–Crippen LogP) is 4.43. The van der Waals surface area contributed by atoms with Crippen LogP contribution in [0.15, 0.2) is 48.5 Å². The number of aryl methyl sites for hydroxylation is 2. The molecule has 6 nitrogen and oxygen atoms in total. The van der Waals surface area contributed by atoms with Gasteiger partial charge < -0.3 is 15.4 Å². The van der Waals surface area contributed by atoms with Gasteiger partial charge in [-0.25, -0.2) is 9.97 Å². The monoisotopic (exact) mass is 396 g/mol. The Balaban J connectivity index is 1.74. The van der Waals surface area contributed by atoms with Crippen LogP contribution in [0.4, 0.5) is 11.6 Å². The maximum absolute atomic E-state index is 12.6. The van der Waals surface area contributed by atoms with Crippen LogP contribution >= 0.6 is 11.6 Å². The third-order valence-electron chi connectivity index (χ3n) is 4.20. The van der Waals surface area contributed by atoms with Crippen LogP contribution < -0.4 is 15.4 Å². The first-order chi connectivity index (χ1) is 13.5. The van der Waals surface area contributed by atoms with Crippen molar-refractivity contribution in [3.63, 3.8) is 0 Å². The second kappa shape index (κ2) is 8.71. The minimum Gasteiger partial charge on any atom is -0.495 e. The third-order valence-corrected chi connectivity index (χ3v) is 4.49. The predicted molar refractivity (Wildman–Crippen MR) is 110 cm³/mol. The van der Waals surface area contributed by atoms with Crippen LogP contribution in [0.1, 0.15) is 27.3 Å². The lowest BCUT2D eigenvalue weighted by molar-refractivity contribution is 0.0945. The minimum atomic E-state index is -0.260. The average Bonchev–Trinajstić information content (AvgIpc) is 2.67. The van der Waals surface area contributed by atoms with Crippen molar-refractivity contribution in [2.75, 3.05) is 12.4 Å². The van der Waals surface area contributed by atoms with Crippen LogP contribution in [-0.4, -0.2) is 23.0 Å². The fraction of sp³-hybridized carbons (Fsp3) is 0.190. The highest BCUT2D eigenvalue weighted by Gasteiger charge is 2.12. The van der Waals surface area contributed by atoms with Gasteiger partial charge in [0.25, 0.3) is 5.91 Å². The molecule has 0 radical (unpaired) electrons. The van der Waals surface area contributed by atoms with Crippen molar-refractivity contribution in [2.24, 2.45) is 0 Å². The maximum Gasteiger partial charge on any atom is 0.270 e. The number of ether oxygens (including phenoxy) is 1. The number of benzene rings is 2. The van der Waals surface area contributed by atoms with E-state index in [1.54, 1.807) is 31.4 Å². The molecule has 1 amide bonds. The number of halogens is 1. The SMILES string of the molecule is COc1ccc(Nc2nc(C)cc(C(=O)NCc3ccccc3C)n2)cc1Cl. The van der Waals surface area contributed by atoms with Gasteiger partial charge in [-0.15, -0.1) is 0 Å². The summed E-state index contributed by atoms with van der Waals surface area (Å²) in [5, 5.41) is 6.45. The molecule has 7 heteroatoms. The molecule has 0 aliphatic carbocycles. The van der Waals surface area contributed by atoms with Crippen molar-refractivity contribution in [3.8, 4) is 5.75 Å². The van der Waals surface area contributed by atoms with Crippen LogP contribution in [0.5, 0.6) is 5.75 Å². The molecule has 0 saturated heterocycles. The van der Waals surface area contributed by atoms with E-state index >= 15 is 0 Å². The number of hydrogen-bond acceptors (Lipinski definition) is 5. The molecule has 1 heterocycles. The minimum absolute atomic E-state index is 0.260. The molecule has 1 aromatic heterocycles. The summed E-state index contributed by atoms with van der Waals surface area (Å²) in [4.78, 5) is 21.2. The zero-order chi connectivity index (χ0) is 20.1. The lowest BCUT2D eigenvalue weighted by atomic mass is 10.1. The van der Waals surface area contributed by atoms with Crippen LogP contribution in [0.2, 0.25) is 5.02 Å². The summed E-state index contributed by atoms with van der Waals surface area (Å²) in [6, 6.07) is 14.8. The van der Waals surface area contributed by atoms with Crippen molar-refractivity contribution >= 4 is 29.1 Å². The Hall–Kier alpha value is -3.12. The number of amides is 1. The Kier molecular flexibility index (Phi) is 6.11. The molecule has 0 unspecified atom stereocenters. The Labute approximate surface area is 168 Å². The number of nitrogens with zero attached hydrogens (tertiary/aromatic N) is 2. The first-order valence-electron chi connectivity index (χ1n) is 8.75. The second-order valence-electron chi connectivity index (χ2n) is 6.30. The van der Waals surface area contributed by atoms with E-state index in [1.165, 1.54) is 0 Å². The number of carbonyl (C=O) groups excluding carboxylic acids is 1. The average molecular weight is 397 g/mol. The summed E-state index contributed by atoms with van der Waals surface area (Å²) in [6.07, 6.45) is 0. The fourth-order valence-corrected chi connectivity index (χ4v) is 2.95. The number of carbonyl (C=O) groups is 1. The Bertz CT molecular complexity index is 1010. The molecule has 28 heavy (non-hydrogen) atoms. The molecule has 144 valence electrons. The first-order valence-corrected chi connectivity index (χ1v) is 9.13. The zero-order valence-corrected chi connectivity index (χ0v) is 16.7. The van der Waals surface area contributed by atoms with Gasteiger partial charge in [-0.1, -0.05) is 35.9 Å². The van der Waals surface area contributed by atoms with E-state index < -0.39 is 0 Å². The number of hydrogen-bond donors (Lipinski definition) is 2. The molecule has 3 aromatic rings. The van der Waals surface area contributed by atoms with Crippen LogP contribution in [-0.2, 0) is 6.54 Å². The van der Waals surface area contributed by atoms with Crippen molar-refractivity contribution in [1.29, 1.82) is 0 Å². The largest absolute Gasteiger partial charge is 0.495 e. The Morgan fingerprint density at radius 1 is 1.11 bits per heavy atom. The van der Waals surface area contributed by atoms with Gasteiger partial charge in [-0.05, 0) is 49.2 Å². The van der Waals surface area contributed by atoms with Gasteiger partial charge in [0.05, 0.1) is 12.1 Å². The highest BCUT2D eigenvalue weighted by molar-refractivity contribution is 6.32. The summed E-state index contributed by atoms with van der Waals surface area (Å²) in [7, 11) is 1.56. The normalized spacial score (nSPS) is 10.4. The highest BCUT2D eigenvalue weighted by atomic mass is 35.5. The van der Waals surface area contributed by atoms with Crippen LogP contribution in [0.25, 0.3) is 0 Å². The van der Waals surface area contributed by atoms with Gasteiger partial charge in [0, 0.05) is 17.9 Å². The molecule has 0 fully saturated rings. The van der Waals surface area contributed by atoms with Gasteiger partial charge in [-0.3, -0.25) is 4.79 Å².